The molecule has 3 aliphatic rings. The third kappa shape index (κ3) is 4.36. The fourth-order valence-corrected chi connectivity index (χ4v) is 4.71. The molecule has 3 saturated heterocycles. The zero-order chi connectivity index (χ0) is 22.0. The number of aliphatic carboxylic acids is 1. The minimum Gasteiger partial charge on any atom is -0.497 e. The van der Waals surface area contributed by atoms with Crippen molar-refractivity contribution in [3.05, 3.63) is 29.8 Å². The van der Waals surface area contributed by atoms with Crippen molar-refractivity contribution in [3.63, 3.8) is 0 Å². The van der Waals surface area contributed by atoms with Gasteiger partial charge in [0.1, 0.15) is 19.0 Å². The zero-order valence-electron chi connectivity index (χ0n) is 17.5. The molecule has 168 valence electrons. The van der Waals surface area contributed by atoms with Crippen LogP contribution in [0.15, 0.2) is 24.3 Å². The minimum absolute atomic E-state index is 0.0539. The van der Waals surface area contributed by atoms with Gasteiger partial charge in [-0.2, -0.15) is 0 Å². The van der Waals surface area contributed by atoms with Crippen LogP contribution < -0.4 is 4.74 Å². The predicted molar refractivity (Wildman–Crippen MR) is 108 cm³/mol. The Morgan fingerprint density at radius 1 is 1.13 bits per heavy atom. The predicted octanol–water partition coefficient (Wildman–Crippen LogP) is -0.466. The highest BCUT2D eigenvalue weighted by Crippen LogP contribution is 2.36. The topological polar surface area (TPSA) is 109 Å². The number of fused-ring (bicyclic) bond motifs is 2. The second-order valence-corrected chi connectivity index (χ2v) is 8.20. The van der Waals surface area contributed by atoms with Gasteiger partial charge in [0.25, 0.3) is 5.91 Å². The van der Waals surface area contributed by atoms with Crippen LogP contribution in [0.3, 0.4) is 0 Å². The monoisotopic (exact) mass is 433 g/mol. The van der Waals surface area contributed by atoms with E-state index in [0.717, 1.165) is 6.54 Å². The SMILES string of the molecule is COc1ccc(C(=O)N2CC3COCCN3C3(CN(C(=O)COCC(=O)O)C3)C2)cc1. The average Bonchev–Trinajstić information content (AvgIpc) is 2.76. The molecule has 3 aliphatic heterocycles. The summed E-state index contributed by atoms with van der Waals surface area (Å²) in [6.45, 7) is 3.22. The van der Waals surface area contributed by atoms with E-state index in [1.54, 1.807) is 36.3 Å². The van der Waals surface area contributed by atoms with Gasteiger partial charge in [-0.25, -0.2) is 4.79 Å². The Kier molecular flexibility index (Phi) is 6.12. The van der Waals surface area contributed by atoms with Crippen LogP contribution in [-0.2, 0) is 19.1 Å². The number of hydrogen-bond acceptors (Lipinski definition) is 7. The summed E-state index contributed by atoms with van der Waals surface area (Å²) in [7, 11) is 1.58. The standard InChI is InChI=1S/C21H27N3O7/c1-29-17-4-2-15(3-5-17)20(28)22-8-16-9-30-7-6-24(16)21(12-22)13-23(14-21)18(25)10-31-11-19(26)27/h2-5,16H,6-14H2,1H3,(H,26,27). The molecule has 1 atom stereocenters. The van der Waals surface area contributed by atoms with E-state index in [0.29, 0.717) is 50.7 Å². The molecule has 2 amide bonds. The molecule has 4 rings (SSSR count). The van der Waals surface area contributed by atoms with E-state index in [4.69, 9.17) is 19.3 Å². The highest BCUT2D eigenvalue weighted by atomic mass is 16.5. The molecular formula is C21H27N3O7. The summed E-state index contributed by atoms with van der Waals surface area (Å²) in [5.74, 6) is -0.710. The highest BCUT2D eigenvalue weighted by molar-refractivity contribution is 5.94. The van der Waals surface area contributed by atoms with E-state index < -0.39 is 12.6 Å². The summed E-state index contributed by atoms with van der Waals surface area (Å²) in [6, 6.07) is 7.13. The number of rotatable bonds is 6. The quantitative estimate of drug-likeness (QED) is 0.642. The van der Waals surface area contributed by atoms with Gasteiger partial charge in [-0.05, 0) is 24.3 Å². The number of ether oxygens (including phenoxy) is 3. The smallest absolute Gasteiger partial charge is 0.329 e. The van der Waals surface area contributed by atoms with Crippen LogP contribution in [0.5, 0.6) is 5.75 Å². The summed E-state index contributed by atoms with van der Waals surface area (Å²) in [5, 5.41) is 8.66. The van der Waals surface area contributed by atoms with Crippen LogP contribution in [-0.4, -0.2) is 115 Å². The maximum atomic E-state index is 13.2. The molecule has 1 aromatic rings. The van der Waals surface area contributed by atoms with Crippen molar-refractivity contribution < 1.29 is 33.7 Å². The van der Waals surface area contributed by atoms with Gasteiger partial charge in [0.15, 0.2) is 0 Å². The van der Waals surface area contributed by atoms with Gasteiger partial charge in [0.2, 0.25) is 5.91 Å². The third-order valence-electron chi connectivity index (χ3n) is 6.15. The molecule has 10 heteroatoms. The second-order valence-electron chi connectivity index (χ2n) is 8.20. The van der Waals surface area contributed by atoms with E-state index in [-0.39, 0.29) is 30.0 Å². The van der Waals surface area contributed by atoms with Crippen LogP contribution >= 0.6 is 0 Å². The van der Waals surface area contributed by atoms with Crippen LogP contribution in [0.1, 0.15) is 10.4 Å². The Hall–Kier alpha value is -2.69. The highest BCUT2D eigenvalue weighted by Gasteiger charge is 2.56. The molecule has 0 aromatic heterocycles. The maximum Gasteiger partial charge on any atom is 0.329 e. The van der Waals surface area contributed by atoms with Gasteiger partial charge in [0.05, 0.1) is 31.9 Å². The van der Waals surface area contributed by atoms with Gasteiger partial charge in [0, 0.05) is 38.3 Å². The molecule has 0 radical (unpaired) electrons. The second kappa shape index (κ2) is 8.81. The number of carboxylic acids is 1. The Balaban J connectivity index is 1.44. The summed E-state index contributed by atoms with van der Waals surface area (Å²) < 4.78 is 15.8. The van der Waals surface area contributed by atoms with Crippen LogP contribution in [0.2, 0.25) is 0 Å². The van der Waals surface area contributed by atoms with Crippen molar-refractivity contribution in [3.8, 4) is 5.75 Å². The number of carboxylic acid groups (broad SMARTS) is 1. The molecule has 3 fully saturated rings. The van der Waals surface area contributed by atoms with E-state index in [2.05, 4.69) is 4.90 Å². The number of morpholine rings is 1. The van der Waals surface area contributed by atoms with E-state index in [9.17, 15) is 14.4 Å². The number of methoxy groups -OCH3 is 1. The molecule has 0 aliphatic carbocycles. The van der Waals surface area contributed by atoms with E-state index in [1.807, 2.05) is 4.90 Å². The van der Waals surface area contributed by atoms with Crippen LogP contribution in [0.4, 0.5) is 0 Å². The number of likely N-dealkylation sites (tertiary alicyclic amines) is 1. The number of carbonyl (C=O) groups excluding carboxylic acids is 2. The molecule has 1 spiro atoms. The van der Waals surface area contributed by atoms with Crippen molar-refractivity contribution in [2.75, 3.05) is 66.3 Å². The molecule has 3 heterocycles. The fraction of sp³-hybridized carbons (Fsp3) is 0.571. The number of piperazine rings is 1. The Morgan fingerprint density at radius 2 is 1.84 bits per heavy atom. The van der Waals surface area contributed by atoms with Gasteiger partial charge in [-0.3, -0.25) is 14.5 Å². The van der Waals surface area contributed by atoms with Crippen molar-refractivity contribution in [2.45, 2.75) is 11.6 Å². The Labute approximate surface area is 180 Å². The zero-order valence-corrected chi connectivity index (χ0v) is 17.5. The van der Waals surface area contributed by atoms with Gasteiger partial charge >= 0.3 is 5.97 Å². The Bertz CT molecular complexity index is 838. The van der Waals surface area contributed by atoms with E-state index >= 15 is 0 Å². The molecule has 0 bridgehead atoms. The largest absolute Gasteiger partial charge is 0.497 e. The van der Waals surface area contributed by atoms with Gasteiger partial charge in [-0.15, -0.1) is 0 Å². The number of benzene rings is 1. The minimum atomic E-state index is -1.11. The molecular weight excluding hydrogens is 406 g/mol. The molecule has 31 heavy (non-hydrogen) atoms. The summed E-state index contributed by atoms with van der Waals surface area (Å²) in [5.41, 5.74) is 0.271. The fourth-order valence-electron chi connectivity index (χ4n) is 4.71. The first-order valence-corrected chi connectivity index (χ1v) is 10.3. The van der Waals surface area contributed by atoms with Crippen LogP contribution in [0, 0.1) is 0 Å². The molecule has 10 nitrogen and oxygen atoms in total. The molecule has 1 N–H and O–H groups in total. The van der Waals surface area contributed by atoms with Crippen molar-refractivity contribution in [1.29, 1.82) is 0 Å². The molecule has 1 unspecified atom stereocenters. The third-order valence-corrected chi connectivity index (χ3v) is 6.15. The summed E-state index contributed by atoms with van der Waals surface area (Å²) in [4.78, 5) is 42.0. The number of amides is 2. The Morgan fingerprint density at radius 3 is 2.52 bits per heavy atom. The first-order valence-electron chi connectivity index (χ1n) is 10.3. The van der Waals surface area contributed by atoms with Crippen molar-refractivity contribution >= 4 is 17.8 Å². The lowest BCUT2D eigenvalue weighted by molar-refractivity contribution is -0.175. The normalized spacial score (nSPS) is 22.5. The lowest BCUT2D eigenvalue weighted by atomic mass is 9.82. The van der Waals surface area contributed by atoms with Gasteiger partial charge in [-0.1, -0.05) is 0 Å². The first kappa shape index (κ1) is 21.5. The summed E-state index contributed by atoms with van der Waals surface area (Å²) >= 11 is 0. The van der Waals surface area contributed by atoms with Crippen LogP contribution in [0.25, 0.3) is 0 Å². The summed E-state index contributed by atoms with van der Waals surface area (Å²) in [6.07, 6.45) is 0. The maximum absolute atomic E-state index is 13.2. The first-order chi connectivity index (χ1) is 14.9. The lowest BCUT2D eigenvalue weighted by Crippen LogP contribution is -2.81. The molecule has 1 aromatic carbocycles. The average molecular weight is 433 g/mol. The number of carbonyl (C=O) groups is 3. The number of hydrogen-bond donors (Lipinski definition) is 1. The lowest BCUT2D eigenvalue weighted by Gasteiger charge is -2.63. The van der Waals surface area contributed by atoms with Crippen molar-refractivity contribution in [1.82, 2.24) is 14.7 Å². The van der Waals surface area contributed by atoms with Crippen molar-refractivity contribution in [2.24, 2.45) is 0 Å². The molecule has 0 saturated carbocycles. The van der Waals surface area contributed by atoms with E-state index in [1.165, 1.54) is 0 Å². The number of nitrogens with zero attached hydrogens (tertiary/aromatic N) is 3. The van der Waals surface area contributed by atoms with Gasteiger partial charge < -0.3 is 29.1 Å².